The van der Waals surface area contributed by atoms with E-state index in [9.17, 15) is 19.7 Å². The molecule has 0 bridgehead atoms. The number of hydrogen-bond acceptors (Lipinski definition) is 7. The Labute approximate surface area is 218 Å². The maximum Gasteiger partial charge on any atom is 0.294 e. The van der Waals surface area contributed by atoms with Crippen LogP contribution in [0, 0.1) is 16.0 Å². The second-order valence-corrected chi connectivity index (χ2v) is 10.5. The normalized spacial score (nSPS) is 20.1. The molecule has 10 nitrogen and oxygen atoms in total. The van der Waals surface area contributed by atoms with Crippen molar-refractivity contribution in [2.24, 2.45) is 5.92 Å². The molecule has 0 saturated carbocycles. The summed E-state index contributed by atoms with van der Waals surface area (Å²) in [6.45, 7) is 4.32. The van der Waals surface area contributed by atoms with E-state index in [0.29, 0.717) is 42.1 Å². The highest BCUT2D eigenvalue weighted by atomic mass is 79.9. The van der Waals surface area contributed by atoms with E-state index in [1.54, 1.807) is 35.2 Å². The number of benzene rings is 1. The van der Waals surface area contributed by atoms with Crippen molar-refractivity contribution in [2.45, 2.75) is 38.6 Å². The van der Waals surface area contributed by atoms with Crippen LogP contribution in [0.3, 0.4) is 0 Å². The molecule has 0 spiro atoms. The van der Waals surface area contributed by atoms with E-state index in [1.807, 2.05) is 0 Å². The van der Waals surface area contributed by atoms with Crippen LogP contribution >= 0.6 is 15.9 Å². The predicted octanol–water partition coefficient (Wildman–Crippen LogP) is 4.38. The molecule has 2 fully saturated rings. The van der Waals surface area contributed by atoms with Gasteiger partial charge in [0.05, 0.1) is 21.7 Å². The van der Waals surface area contributed by atoms with Gasteiger partial charge in [0.1, 0.15) is 5.69 Å². The molecule has 2 aliphatic heterocycles. The first kappa shape index (κ1) is 25.9. The number of likely N-dealkylation sites (tertiary alicyclic amines) is 2. The second kappa shape index (κ2) is 11.2. The fraction of sp³-hybridized carbons (Fsp3) is 0.480. The lowest BCUT2D eigenvalue weighted by Crippen LogP contribution is -2.45. The molecule has 1 aromatic carbocycles. The number of carbonyl (C=O) groups excluding carboxylic acids is 2. The molecule has 2 atom stereocenters. The molecule has 0 radical (unpaired) electrons. The first-order valence-corrected chi connectivity index (χ1v) is 13.0. The number of anilines is 2. The minimum Gasteiger partial charge on any atom is -0.387 e. The lowest BCUT2D eigenvalue weighted by atomic mass is 9.98. The summed E-state index contributed by atoms with van der Waals surface area (Å²) in [5.74, 6) is 0.0252. The molecule has 4 rings (SSSR count). The number of rotatable bonds is 6. The van der Waals surface area contributed by atoms with Crippen molar-refractivity contribution in [1.29, 1.82) is 0 Å². The third-order valence-electron chi connectivity index (χ3n) is 6.78. The van der Waals surface area contributed by atoms with Crippen molar-refractivity contribution in [3.8, 4) is 0 Å². The van der Waals surface area contributed by atoms with Crippen molar-refractivity contribution in [3.05, 3.63) is 56.3 Å². The monoisotopic (exact) mass is 558 g/mol. The van der Waals surface area contributed by atoms with E-state index in [4.69, 9.17) is 0 Å². The number of pyridine rings is 1. The third kappa shape index (κ3) is 5.77. The van der Waals surface area contributed by atoms with Crippen LogP contribution in [0.4, 0.5) is 17.1 Å². The lowest BCUT2D eigenvalue weighted by molar-refractivity contribution is -0.384. The van der Waals surface area contributed by atoms with E-state index >= 15 is 0 Å². The number of amides is 2. The number of nitro benzene ring substituents is 1. The number of halogens is 1. The van der Waals surface area contributed by atoms with Gasteiger partial charge >= 0.3 is 0 Å². The predicted molar refractivity (Wildman–Crippen MR) is 141 cm³/mol. The van der Waals surface area contributed by atoms with Gasteiger partial charge in [0.2, 0.25) is 0 Å². The van der Waals surface area contributed by atoms with Gasteiger partial charge < -0.3 is 20.4 Å². The van der Waals surface area contributed by atoms with E-state index < -0.39 is 4.92 Å². The van der Waals surface area contributed by atoms with Gasteiger partial charge in [-0.15, -0.1) is 0 Å². The molecule has 0 unspecified atom stereocenters. The first-order valence-electron chi connectivity index (χ1n) is 12.2. The lowest BCUT2D eigenvalue weighted by Gasteiger charge is -2.35. The van der Waals surface area contributed by atoms with Crippen LogP contribution in [-0.4, -0.2) is 70.8 Å². The second-order valence-electron chi connectivity index (χ2n) is 9.55. The molecule has 0 aliphatic carbocycles. The van der Waals surface area contributed by atoms with Gasteiger partial charge in [-0.3, -0.25) is 24.7 Å². The summed E-state index contributed by atoms with van der Waals surface area (Å²) in [5.41, 5.74) is 1.55. The minimum atomic E-state index is -0.469. The van der Waals surface area contributed by atoms with Crippen molar-refractivity contribution in [2.75, 3.05) is 43.9 Å². The molecule has 2 aromatic rings. The summed E-state index contributed by atoms with van der Waals surface area (Å²) in [7, 11) is 1.76. The van der Waals surface area contributed by atoms with Gasteiger partial charge in [0.25, 0.3) is 17.5 Å². The van der Waals surface area contributed by atoms with Crippen LogP contribution < -0.4 is 10.6 Å². The SMILES string of the molecule is CNc1cncc(C(=O)N2CCC[C@@H](Nc3c(C(=O)N4CCC[C@H](C)C4)cc(Br)cc3[N+](=O)[O-])C2)c1. The molecule has 192 valence electrons. The standard InChI is InChI=1S/C25H31BrN6O4/c1-16-5-3-7-30(14-16)25(34)21-10-18(26)11-22(32(35)36)23(21)29-19-6-4-8-31(15-19)24(33)17-9-20(27-2)13-28-12-17/h9-13,16,19,27,29H,3-8,14-15H2,1-2H3/t16-,19+/m0/s1. The van der Waals surface area contributed by atoms with Gasteiger partial charge in [0, 0.05) is 62.2 Å². The zero-order valence-electron chi connectivity index (χ0n) is 20.5. The molecule has 36 heavy (non-hydrogen) atoms. The number of hydrogen-bond donors (Lipinski definition) is 2. The van der Waals surface area contributed by atoms with Crippen molar-refractivity contribution in [3.63, 3.8) is 0 Å². The van der Waals surface area contributed by atoms with Crippen molar-refractivity contribution in [1.82, 2.24) is 14.8 Å². The van der Waals surface area contributed by atoms with Gasteiger partial charge in [0.15, 0.2) is 0 Å². The number of aromatic nitrogens is 1. The quantitative estimate of drug-likeness (QED) is 0.398. The van der Waals surface area contributed by atoms with Crippen LogP contribution in [-0.2, 0) is 0 Å². The average molecular weight is 559 g/mol. The van der Waals surface area contributed by atoms with E-state index in [0.717, 1.165) is 31.4 Å². The molecule has 1 aromatic heterocycles. The highest BCUT2D eigenvalue weighted by Crippen LogP contribution is 2.35. The van der Waals surface area contributed by atoms with E-state index in [1.165, 1.54) is 12.3 Å². The fourth-order valence-corrected chi connectivity index (χ4v) is 5.41. The Morgan fingerprint density at radius 1 is 1.08 bits per heavy atom. The molecule has 3 heterocycles. The number of carbonyl (C=O) groups is 2. The van der Waals surface area contributed by atoms with Crippen molar-refractivity contribution >= 4 is 44.8 Å². The van der Waals surface area contributed by atoms with Crippen LogP contribution in [0.2, 0.25) is 0 Å². The van der Waals surface area contributed by atoms with E-state index in [2.05, 4.69) is 38.5 Å². The van der Waals surface area contributed by atoms with Crippen LogP contribution in [0.15, 0.2) is 35.1 Å². The number of nitrogens with one attached hydrogen (secondary N) is 2. The summed E-state index contributed by atoms with van der Waals surface area (Å²) in [6, 6.07) is 4.58. The molecular formula is C25H31BrN6O4. The Balaban J connectivity index is 1.59. The summed E-state index contributed by atoms with van der Waals surface area (Å²) < 4.78 is 0.477. The van der Waals surface area contributed by atoms with Gasteiger partial charge in [-0.1, -0.05) is 22.9 Å². The van der Waals surface area contributed by atoms with Crippen molar-refractivity contribution < 1.29 is 14.5 Å². The van der Waals surface area contributed by atoms with E-state index in [-0.39, 0.29) is 34.8 Å². The largest absolute Gasteiger partial charge is 0.387 e. The summed E-state index contributed by atoms with van der Waals surface area (Å²) in [5, 5.41) is 18.2. The fourth-order valence-electron chi connectivity index (χ4n) is 4.96. The zero-order chi connectivity index (χ0) is 25.8. The summed E-state index contributed by atoms with van der Waals surface area (Å²) in [4.78, 5) is 45.8. The molecule has 2 saturated heterocycles. The summed E-state index contributed by atoms with van der Waals surface area (Å²) >= 11 is 3.34. The van der Waals surface area contributed by atoms with Crippen LogP contribution in [0.5, 0.6) is 0 Å². The van der Waals surface area contributed by atoms with Gasteiger partial charge in [-0.05, 0) is 43.7 Å². The Hall–Kier alpha value is -3.21. The smallest absolute Gasteiger partial charge is 0.294 e. The molecule has 2 amide bonds. The highest BCUT2D eigenvalue weighted by molar-refractivity contribution is 9.10. The molecular weight excluding hydrogens is 528 g/mol. The maximum absolute atomic E-state index is 13.5. The molecule has 11 heteroatoms. The topological polar surface area (TPSA) is 121 Å². The van der Waals surface area contributed by atoms with Gasteiger partial charge in [-0.2, -0.15) is 0 Å². The number of nitro groups is 1. The average Bonchev–Trinajstić information content (AvgIpc) is 2.88. The first-order chi connectivity index (χ1) is 17.3. The Kier molecular flexibility index (Phi) is 8.07. The number of nitrogens with zero attached hydrogens (tertiary/aromatic N) is 4. The van der Waals surface area contributed by atoms with Crippen LogP contribution in [0.25, 0.3) is 0 Å². The molecule has 2 aliphatic rings. The Morgan fingerprint density at radius 2 is 1.81 bits per heavy atom. The van der Waals surface area contributed by atoms with Crippen LogP contribution in [0.1, 0.15) is 53.3 Å². The third-order valence-corrected chi connectivity index (χ3v) is 7.24. The Bertz CT molecular complexity index is 1160. The highest BCUT2D eigenvalue weighted by Gasteiger charge is 2.32. The minimum absolute atomic E-state index is 0.144. The summed E-state index contributed by atoms with van der Waals surface area (Å²) in [6.07, 6.45) is 6.61. The van der Waals surface area contributed by atoms with Gasteiger partial charge in [-0.25, -0.2) is 0 Å². The zero-order valence-corrected chi connectivity index (χ0v) is 22.1. The number of piperidine rings is 2. The molecule has 2 N–H and O–H groups in total. The Morgan fingerprint density at radius 3 is 2.50 bits per heavy atom. The maximum atomic E-state index is 13.5.